The van der Waals surface area contributed by atoms with E-state index >= 15 is 0 Å². The molecule has 2 atom stereocenters. The maximum absolute atomic E-state index is 12.7. The number of hydrogen-bond donors (Lipinski definition) is 2. The van der Waals surface area contributed by atoms with Gasteiger partial charge in [-0.25, -0.2) is 4.98 Å². The van der Waals surface area contributed by atoms with E-state index in [1.807, 2.05) is 53.4 Å². The molecule has 4 rings (SSSR count). The minimum Gasteiger partial charge on any atom is -0.342 e. The van der Waals surface area contributed by atoms with E-state index in [4.69, 9.17) is 0 Å². The summed E-state index contributed by atoms with van der Waals surface area (Å²) in [6.07, 6.45) is 5.78. The number of anilines is 1. The molecule has 0 saturated carbocycles. The van der Waals surface area contributed by atoms with E-state index in [2.05, 4.69) is 29.1 Å². The van der Waals surface area contributed by atoms with Gasteiger partial charge >= 0.3 is 0 Å². The number of hydrogen-bond acceptors (Lipinski definition) is 3. The number of carbonyl (C=O) groups is 2. The zero-order valence-electron chi connectivity index (χ0n) is 18.0. The molecule has 2 amide bonds. The lowest BCUT2D eigenvalue weighted by atomic mass is 9.98. The van der Waals surface area contributed by atoms with Gasteiger partial charge in [-0.15, -0.1) is 0 Å². The predicted octanol–water partition coefficient (Wildman–Crippen LogP) is 4.61. The van der Waals surface area contributed by atoms with Crippen molar-refractivity contribution in [3.05, 3.63) is 66.0 Å². The highest BCUT2D eigenvalue weighted by molar-refractivity contribution is 5.95. The summed E-state index contributed by atoms with van der Waals surface area (Å²) in [5.74, 6) is 1.01. The molecule has 6 heteroatoms. The summed E-state index contributed by atoms with van der Waals surface area (Å²) in [6.45, 7) is 4.99. The summed E-state index contributed by atoms with van der Waals surface area (Å²) < 4.78 is 0. The van der Waals surface area contributed by atoms with Crippen molar-refractivity contribution in [1.29, 1.82) is 0 Å². The molecular weight excluding hydrogens is 388 g/mol. The van der Waals surface area contributed by atoms with Gasteiger partial charge in [0.1, 0.15) is 5.82 Å². The highest BCUT2D eigenvalue weighted by Crippen LogP contribution is 2.25. The third-order valence-electron chi connectivity index (χ3n) is 5.92. The number of aromatic amines is 1. The minimum atomic E-state index is -0.196. The lowest BCUT2D eigenvalue weighted by Crippen LogP contribution is -2.32. The first-order valence-electron chi connectivity index (χ1n) is 10.9. The molecule has 0 radical (unpaired) electrons. The van der Waals surface area contributed by atoms with Crippen LogP contribution in [0.2, 0.25) is 0 Å². The second kappa shape index (κ2) is 9.16. The van der Waals surface area contributed by atoms with Crippen molar-refractivity contribution in [2.75, 3.05) is 11.4 Å². The Morgan fingerprint density at radius 2 is 2.00 bits per heavy atom. The van der Waals surface area contributed by atoms with Gasteiger partial charge in [0.05, 0.1) is 17.1 Å². The van der Waals surface area contributed by atoms with E-state index in [1.54, 1.807) is 12.2 Å². The molecule has 2 N–H and O–H groups in total. The summed E-state index contributed by atoms with van der Waals surface area (Å²) in [6, 6.07) is 15.4. The second-order valence-corrected chi connectivity index (χ2v) is 8.08. The van der Waals surface area contributed by atoms with Crippen molar-refractivity contribution < 1.29 is 9.59 Å². The van der Waals surface area contributed by atoms with E-state index in [0.717, 1.165) is 47.5 Å². The number of para-hydroxylation sites is 2. The van der Waals surface area contributed by atoms with Crippen molar-refractivity contribution >= 4 is 34.6 Å². The fourth-order valence-electron chi connectivity index (χ4n) is 3.90. The molecule has 2 aromatic carbocycles. The zero-order chi connectivity index (χ0) is 21.8. The molecule has 0 aliphatic carbocycles. The van der Waals surface area contributed by atoms with Crippen LogP contribution in [0, 0.1) is 5.92 Å². The van der Waals surface area contributed by atoms with Gasteiger partial charge in [-0.3, -0.25) is 9.59 Å². The van der Waals surface area contributed by atoms with Crippen LogP contribution in [0.4, 0.5) is 5.69 Å². The topological polar surface area (TPSA) is 78.1 Å². The van der Waals surface area contributed by atoms with Gasteiger partial charge in [0.25, 0.3) is 0 Å². The molecule has 1 aliphatic rings. The van der Waals surface area contributed by atoms with E-state index in [1.165, 1.54) is 0 Å². The zero-order valence-corrected chi connectivity index (χ0v) is 18.0. The summed E-state index contributed by atoms with van der Waals surface area (Å²) in [5, 5.41) is 3.10. The number of aromatic nitrogens is 2. The Morgan fingerprint density at radius 1 is 1.23 bits per heavy atom. The monoisotopic (exact) mass is 416 g/mol. The van der Waals surface area contributed by atoms with Crippen LogP contribution in [0.1, 0.15) is 50.5 Å². The molecule has 1 aromatic heterocycles. The summed E-state index contributed by atoms with van der Waals surface area (Å²) in [4.78, 5) is 34.4. The fourth-order valence-corrected chi connectivity index (χ4v) is 3.90. The van der Waals surface area contributed by atoms with Crippen molar-refractivity contribution in [2.45, 2.75) is 39.2 Å². The molecule has 0 bridgehead atoms. The van der Waals surface area contributed by atoms with Gasteiger partial charge in [0, 0.05) is 24.7 Å². The van der Waals surface area contributed by atoms with Crippen LogP contribution in [0.25, 0.3) is 17.1 Å². The molecule has 0 spiro atoms. The van der Waals surface area contributed by atoms with Crippen LogP contribution in [0.15, 0.2) is 54.6 Å². The lowest BCUT2D eigenvalue weighted by Gasteiger charge is -2.21. The molecule has 1 saturated heterocycles. The second-order valence-electron chi connectivity index (χ2n) is 8.08. The van der Waals surface area contributed by atoms with Crippen LogP contribution in [0.3, 0.4) is 0 Å². The lowest BCUT2D eigenvalue weighted by molar-refractivity contribution is -0.118. The number of imidazole rings is 1. The van der Waals surface area contributed by atoms with E-state index < -0.39 is 0 Å². The summed E-state index contributed by atoms with van der Waals surface area (Å²) in [7, 11) is 0. The first-order valence-corrected chi connectivity index (χ1v) is 10.9. The van der Waals surface area contributed by atoms with Gasteiger partial charge < -0.3 is 15.2 Å². The van der Waals surface area contributed by atoms with Crippen molar-refractivity contribution in [2.24, 2.45) is 5.92 Å². The number of rotatable bonds is 7. The largest absolute Gasteiger partial charge is 0.342 e. The van der Waals surface area contributed by atoms with Gasteiger partial charge in [-0.05, 0) is 48.2 Å². The van der Waals surface area contributed by atoms with E-state index in [9.17, 15) is 9.59 Å². The van der Waals surface area contributed by atoms with Crippen molar-refractivity contribution in [3.8, 4) is 0 Å². The Labute approximate surface area is 182 Å². The molecule has 2 heterocycles. The smallest absolute Gasteiger partial charge is 0.244 e. The van der Waals surface area contributed by atoms with Gasteiger partial charge in [-0.2, -0.15) is 0 Å². The number of nitrogens with one attached hydrogen (secondary N) is 2. The maximum Gasteiger partial charge on any atom is 0.244 e. The van der Waals surface area contributed by atoms with Crippen LogP contribution in [-0.4, -0.2) is 28.3 Å². The predicted molar refractivity (Wildman–Crippen MR) is 123 cm³/mol. The van der Waals surface area contributed by atoms with Gasteiger partial charge in [0.15, 0.2) is 0 Å². The first kappa shape index (κ1) is 20.8. The number of H-pyrrole nitrogens is 1. The first-order chi connectivity index (χ1) is 15.0. The number of carbonyl (C=O) groups excluding carboxylic acids is 2. The normalized spacial score (nSPS) is 16.2. The van der Waals surface area contributed by atoms with Crippen molar-refractivity contribution in [1.82, 2.24) is 15.3 Å². The number of fused-ring (bicyclic) bond motifs is 1. The average Bonchev–Trinajstić information content (AvgIpc) is 3.41. The third-order valence-corrected chi connectivity index (χ3v) is 5.92. The highest BCUT2D eigenvalue weighted by Gasteiger charge is 2.23. The molecule has 31 heavy (non-hydrogen) atoms. The molecule has 160 valence electrons. The number of benzene rings is 2. The molecule has 6 nitrogen and oxygen atoms in total. The molecule has 1 fully saturated rings. The van der Waals surface area contributed by atoms with Gasteiger partial charge in [-0.1, -0.05) is 44.5 Å². The molecule has 2 unspecified atom stereocenters. The standard InChI is InChI=1S/C25H28N4O2/c1-3-17(2)24(25-26-20-7-4-5-8-21(20)27-25)28-22(30)15-12-18-10-13-19(14-11-18)29-16-6-9-23(29)31/h4-5,7-8,10-15,17,24H,3,6,9,16H2,1-2H3,(H,26,27)(H,28,30)/b15-12+. The number of amides is 2. The maximum atomic E-state index is 12.7. The summed E-state index contributed by atoms with van der Waals surface area (Å²) >= 11 is 0. The van der Waals surface area contributed by atoms with Crippen LogP contribution < -0.4 is 10.2 Å². The SMILES string of the molecule is CCC(C)C(NC(=O)/C=C/c1ccc(N2CCCC2=O)cc1)c1nc2ccccc2[nH]1. The quantitative estimate of drug-likeness (QED) is 0.552. The average molecular weight is 417 g/mol. The minimum absolute atomic E-state index is 0.162. The Bertz CT molecular complexity index is 1070. The Balaban J connectivity index is 1.45. The van der Waals surface area contributed by atoms with E-state index in [0.29, 0.717) is 6.42 Å². The number of nitrogens with zero attached hydrogens (tertiary/aromatic N) is 2. The Morgan fingerprint density at radius 3 is 2.68 bits per heavy atom. The Kier molecular flexibility index (Phi) is 6.16. The third kappa shape index (κ3) is 4.68. The Hall–Kier alpha value is -3.41. The summed E-state index contributed by atoms with van der Waals surface area (Å²) in [5.41, 5.74) is 3.68. The van der Waals surface area contributed by atoms with Crippen LogP contribution in [-0.2, 0) is 9.59 Å². The fraction of sp³-hybridized carbons (Fsp3) is 0.320. The molecular formula is C25H28N4O2. The highest BCUT2D eigenvalue weighted by atomic mass is 16.2. The van der Waals surface area contributed by atoms with E-state index in [-0.39, 0.29) is 23.8 Å². The van der Waals surface area contributed by atoms with Gasteiger partial charge in [0.2, 0.25) is 11.8 Å². The van der Waals surface area contributed by atoms with Crippen LogP contribution in [0.5, 0.6) is 0 Å². The van der Waals surface area contributed by atoms with Crippen molar-refractivity contribution in [3.63, 3.8) is 0 Å². The molecule has 1 aliphatic heterocycles. The molecule has 3 aromatic rings. The van der Waals surface area contributed by atoms with Crippen LogP contribution >= 0.6 is 0 Å².